The van der Waals surface area contributed by atoms with Crippen LogP contribution in [0.15, 0.2) is 36.9 Å². The number of hydrogen-bond donors (Lipinski definition) is 1. The summed E-state index contributed by atoms with van der Waals surface area (Å²) in [6.45, 7) is 3.78. The molecule has 0 amide bonds. The highest BCUT2D eigenvalue weighted by molar-refractivity contribution is 6.01. The van der Waals surface area contributed by atoms with Crippen molar-refractivity contribution in [1.29, 1.82) is 0 Å². The SMILES string of the molecule is C=Cc1cc2ccc3c4c2c(c1O)C=CC4CC=C3. The van der Waals surface area contributed by atoms with Crippen LogP contribution in [0.4, 0.5) is 0 Å². The summed E-state index contributed by atoms with van der Waals surface area (Å²) in [5.41, 5.74) is 4.39. The molecule has 4 rings (SSSR count). The Balaban J connectivity index is 2.23. The molecule has 2 aromatic carbocycles. The van der Waals surface area contributed by atoms with Crippen LogP contribution in [0, 0.1) is 0 Å². The van der Waals surface area contributed by atoms with Crippen molar-refractivity contribution in [3.63, 3.8) is 0 Å². The Morgan fingerprint density at radius 1 is 1.26 bits per heavy atom. The van der Waals surface area contributed by atoms with Gasteiger partial charge >= 0.3 is 0 Å². The highest BCUT2D eigenvalue weighted by Gasteiger charge is 2.24. The van der Waals surface area contributed by atoms with E-state index in [2.05, 4.69) is 43.0 Å². The predicted molar refractivity (Wildman–Crippen MR) is 81.1 cm³/mol. The van der Waals surface area contributed by atoms with E-state index in [1.165, 1.54) is 21.9 Å². The molecule has 0 aromatic heterocycles. The lowest BCUT2D eigenvalue weighted by Gasteiger charge is -2.26. The van der Waals surface area contributed by atoms with E-state index in [-0.39, 0.29) is 0 Å². The lowest BCUT2D eigenvalue weighted by molar-refractivity contribution is 0.473. The van der Waals surface area contributed by atoms with Gasteiger partial charge in [0, 0.05) is 17.0 Å². The number of phenolic OH excluding ortho intramolecular Hbond substituents is 1. The Morgan fingerprint density at radius 2 is 2.16 bits per heavy atom. The van der Waals surface area contributed by atoms with Crippen LogP contribution in [0.1, 0.15) is 34.6 Å². The normalized spacial score (nSPS) is 18.8. The van der Waals surface area contributed by atoms with Crippen molar-refractivity contribution >= 4 is 29.0 Å². The van der Waals surface area contributed by atoms with E-state index in [1.807, 2.05) is 6.07 Å². The predicted octanol–water partition coefficient (Wildman–Crippen LogP) is 4.72. The fourth-order valence-corrected chi connectivity index (χ4v) is 3.29. The van der Waals surface area contributed by atoms with Gasteiger partial charge in [0.1, 0.15) is 5.75 Å². The highest BCUT2D eigenvalue weighted by Crippen LogP contribution is 2.45. The Morgan fingerprint density at radius 3 is 3.00 bits per heavy atom. The van der Waals surface area contributed by atoms with Gasteiger partial charge in [-0.2, -0.15) is 0 Å². The number of aromatic hydroxyl groups is 1. The van der Waals surface area contributed by atoms with Gasteiger partial charge in [-0.3, -0.25) is 0 Å². The monoisotopic (exact) mass is 246 g/mol. The van der Waals surface area contributed by atoms with Gasteiger partial charge in [0.25, 0.3) is 0 Å². The van der Waals surface area contributed by atoms with Crippen molar-refractivity contribution in [1.82, 2.24) is 0 Å². The quantitative estimate of drug-likeness (QED) is 0.772. The zero-order chi connectivity index (χ0) is 13.0. The molecule has 0 radical (unpaired) electrons. The van der Waals surface area contributed by atoms with Crippen molar-refractivity contribution in [2.45, 2.75) is 12.3 Å². The van der Waals surface area contributed by atoms with Crippen LogP contribution >= 0.6 is 0 Å². The maximum atomic E-state index is 10.4. The smallest absolute Gasteiger partial charge is 0.130 e. The maximum absolute atomic E-state index is 10.4. The molecule has 1 heteroatoms. The molecule has 2 aromatic rings. The minimum atomic E-state index is 0.347. The molecule has 1 unspecified atom stereocenters. The maximum Gasteiger partial charge on any atom is 0.130 e. The zero-order valence-corrected chi connectivity index (χ0v) is 10.6. The minimum absolute atomic E-state index is 0.347. The molecule has 1 N–H and O–H groups in total. The Labute approximate surface area is 112 Å². The third kappa shape index (κ3) is 1.30. The average molecular weight is 246 g/mol. The van der Waals surface area contributed by atoms with Crippen molar-refractivity contribution in [3.05, 3.63) is 59.2 Å². The molecule has 92 valence electrons. The van der Waals surface area contributed by atoms with E-state index in [4.69, 9.17) is 0 Å². The molecular formula is C18H14O. The van der Waals surface area contributed by atoms with Gasteiger partial charge in [0.15, 0.2) is 0 Å². The second-order valence-electron chi connectivity index (χ2n) is 5.20. The second-order valence-corrected chi connectivity index (χ2v) is 5.20. The summed E-state index contributed by atoms with van der Waals surface area (Å²) in [5.74, 6) is 0.797. The third-order valence-corrected chi connectivity index (χ3v) is 4.19. The van der Waals surface area contributed by atoms with Gasteiger partial charge in [-0.15, -0.1) is 0 Å². The Kier molecular flexibility index (Phi) is 2.02. The first-order valence-electron chi connectivity index (χ1n) is 6.59. The fraction of sp³-hybridized carbons (Fsp3) is 0.111. The van der Waals surface area contributed by atoms with Gasteiger partial charge < -0.3 is 5.11 Å². The summed E-state index contributed by atoms with van der Waals surface area (Å²) in [6.07, 6.45) is 11.4. The molecule has 0 bridgehead atoms. The van der Waals surface area contributed by atoms with Crippen molar-refractivity contribution in [3.8, 4) is 5.75 Å². The van der Waals surface area contributed by atoms with Crippen LogP contribution in [0.3, 0.4) is 0 Å². The van der Waals surface area contributed by atoms with E-state index in [0.717, 1.165) is 17.5 Å². The molecule has 0 aliphatic heterocycles. The largest absolute Gasteiger partial charge is 0.507 e. The van der Waals surface area contributed by atoms with Crippen molar-refractivity contribution in [2.24, 2.45) is 0 Å². The molecule has 2 aliphatic carbocycles. The Hall–Kier alpha value is -2.28. The zero-order valence-electron chi connectivity index (χ0n) is 10.6. The summed E-state index contributed by atoms with van der Waals surface area (Å²) in [7, 11) is 0. The molecule has 0 spiro atoms. The lowest BCUT2D eigenvalue weighted by Crippen LogP contribution is -2.06. The summed E-state index contributed by atoms with van der Waals surface area (Å²) >= 11 is 0. The molecule has 1 atom stereocenters. The van der Waals surface area contributed by atoms with Gasteiger partial charge in [-0.05, 0) is 34.4 Å². The lowest BCUT2D eigenvalue weighted by atomic mass is 9.78. The van der Waals surface area contributed by atoms with Gasteiger partial charge in [0.2, 0.25) is 0 Å². The fourth-order valence-electron chi connectivity index (χ4n) is 3.29. The summed E-state index contributed by atoms with van der Waals surface area (Å²) in [6, 6.07) is 6.33. The van der Waals surface area contributed by atoms with Gasteiger partial charge in [-0.1, -0.05) is 49.1 Å². The summed E-state index contributed by atoms with van der Waals surface area (Å²) in [5, 5.41) is 12.8. The van der Waals surface area contributed by atoms with E-state index < -0.39 is 0 Å². The molecule has 0 saturated carbocycles. The van der Waals surface area contributed by atoms with Crippen LogP contribution < -0.4 is 0 Å². The summed E-state index contributed by atoms with van der Waals surface area (Å²) < 4.78 is 0. The number of rotatable bonds is 1. The van der Waals surface area contributed by atoms with Crippen LogP contribution in [0.5, 0.6) is 5.75 Å². The molecule has 0 saturated heterocycles. The first kappa shape index (κ1) is 10.6. The molecule has 19 heavy (non-hydrogen) atoms. The second kappa shape index (κ2) is 3.61. The first-order valence-corrected chi connectivity index (χ1v) is 6.59. The Bertz CT molecular complexity index is 778. The van der Waals surface area contributed by atoms with Crippen molar-refractivity contribution < 1.29 is 5.11 Å². The van der Waals surface area contributed by atoms with Crippen LogP contribution in [-0.4, -0.2) is 5.11 Å². The van der Waals surface area contributed by atoms with Crippen LogP contribution in [0.25, 0.3) is 29.0 Å². The van der Waals surface area contributed by atoms with Crippen LogP contribution in [-0.2, 0) is 0 Å². The van der Waals surface area contributed by atoms with E-state index in [1.54, 1.807) is 6.08 Å². The number of allylic oxidation sites excluding steroid dienone is 2. The van der Waals surface area contributed by atoms with E-state index in [9.17, 15) is 5.11 Å². The molecular weight excluding hydrogens is 232 g/mol. The average Bonchev–Trinajstić information content (AvgIpc) is 2.46. The molecule has 0 heterocycles. The van der Waals surface area contributed by atoms with E-state index in [0.29, 0.717) is 11.7 Å². The minimum Gasteiger partial charge on any atom is -0.507 e. The number of benzene rings is 2. The number of hydrogen-bond acceptors (Lipinski definition) is 1. The van der Waals surface area contributed by atoms with Crippen molar-refractivity contribution in [2.75, 3.05) is 0 Å². The van der Waals surface area contributed by atoms with E-state index >= 15 is 0 Å². The first-order chi connectivity index (χ1) is 9.29. The highest BCUT2D eigenvalue weighted by atomic mass is 16.3. The summed E-state index contributed by atoms with van der Waals surface area (Å²) in [4.78, 5) is 0. The molecule has 2 aliphatic rings. The van der Waals surface area contributed by atoms with Gasteiger partial charge in [-0.25, -0.2) is 0 Å². The molecule has 0 fully saturated rings. The standard InChI is InChI=1S/C18H14O/c1-2-11-10-14-7-6-12-4-3-5-13-8-9-15(18(11)19)17(14)16(12)13/h2-4,6-10,13,19H,1,5H2. The van der Waals surface area contributed by atoms with Crippen LogP contribution in [0.2, 0.25) is 0 Å². The topological polar surface area (TPSA) is 20.2 Å². The molecule has 1 nitrogen and oxygen atoms in total. The third-order valence-electron chi connectivity index (χ3n) is 4.19. The van der Waals surface area contributed by atoms with Gasteiger partial charge in [0.05, 0.1) is 0 Å². The number of phenols is 1.